The SMILES string of the molecule is Cc1c(S(=O)(=O)N2CCC[C@@H](C)C2)cnn1C(F)F. The van der Waals surface area contributed by atoms with E-state index < -0.39 is 16.6 Å². The minimum Gasteiger partial charge on any atom is -0.207 e. The van der Waals surface area contributed by atoms with Crippen LogP contribution in [-0.2, 0) is 10.0 Å². The molecule has 0 aromatic carbocycles. The zero-order valence-electron chi connectivity index (χ0n) is 10.9. The van der Waals surface area contributed by atoms with Gasteiger partial charge in [-0.3, -0.25) is 0 Å². The van der Waals surface area contributed by atoms with Crippen molar-refractivity contribution in [3.63, 3.8) is 0 Å². The van der Waals surface area contributed by atoms with Crippen molar-refractivity contribution in [2.24, 2.45) is 5.92 Å². The molecule has 0 N–H and O–H groups in total. The quantitative estimate of drug-likeness (QED) is 0.856. The second kappa shape index (κ2) is 5.16. The molecule has 1 atom stereocenters. The van der Waals surface area contributed by atoms with Crippen molar-refractivity contribution in [1.82, 2.24) is 14.1 Å². The summed E-state index contributed by atoms with van der Waals surface area (Å²) in [6, 6.07) is 0. The van der Waals surface area contributed by atoms with E-state index in [-0.39, 0.29) is 16.5 Å². The summed E-state index contributed by atoms with van der Waals surface area (Å²) in [7, 11) is -3.72. The minimum absolute atomic E-state index is 0.0202. The fourth-order valence-electron chi connectivity index (χ4n) is 2.36. The van der Waals surface area contributed by atoms with E-state index in [1.54, 1.807) is 0 Å². The van der Waals surface area contributed by atoms with Gasteiger partial charge in [0.05, 0.1) is 11.9 Å². The predicted octanol–water partition coefficient (Wildman–Crippen LogP) is 2.01. The monoisotopic (exact) mass is 293 g/mol. The lowest BCUT2D eigenvalue weighted by molar-refractivity contribution is 0.0541. The maximum absolute atomic E-state index is 12.6. The summed E-state index contributed by atoms with van der Waals surface area (Å²) in [4.78, 5) is -0.123. The van der Waals surface area contributed by atoms with Gasteiger partial charge in [0.25, 0.3) is 0 Å². The predicted molar refractivity (Wildman–Crippen MR) is 65.4 cm³/mol. The Morgan fingerprint density at radius 2 is 2.16 bits per heavy atom. The van der Waals surface area contributed by atoms with E-state index in [4.69, 9.17) is 0 Å². The number of sulfonamides is 1. The number of hydrogen-bond donors (Lipinski definition) is 0. The highest BCUT2D eigenvalue weighted by Crippen LogP contribution is 2.26. The van der Waals surface area contributed by atoms with Gasteiger partial charge in [0.2, 0.25) is 10.0 Å². The highest BCUT2D eigenvalue weighted by molar-refractivity contribution is 7.89. The first-order valence-corrected chi connectivity index (χ1v) is 7.60. The Morgan fingerprint density at radius 3 is 2.68 bits per heavy atom. The van der Waals surface area contributed by atoms with Crippen LogP contribution in [0.4, 0.5) is 8.78 Å². The summed E-state index contributed by atoms with van der Waals surface area (Å²) >= 11 is 0. The van der Waals surface area contributed by atoms with Crippen LogP contribution in [0.5, 0.6) is 0 Å². The Morgan fingerprint density at radius 1 is 1.47 bits per heavy atom. The lowest BCUT2D eigenvalue weighted by Crippen LogP contribution is -2.39. The minimum atomic E-state index is -3.72. The Labute approximate surface area is 111 Å². The van der Waals surface area contributed by atoms with Gasteiger partial charge in [-0.2, -0.15) is 18.2 Å². The highest BCUT2D eigenvalue weighted by Gasteiger charge is 2.32. The van der Waals surface area contributed by atoms with Crippen LogP contribution < -0.4 is 0 Å². The molecule has 0 saturated carbocycles. The molecule has 1 aliphatic heterocycles. The number of nitrogens with zero attached hydrogens (tertiary/aromatic N) is 3. The summed E-state index contributed by atoms with van der Waals surface area (Å²) < 4.78 is 51.9. The summed E-state index contributed by atoms with van der Waals surface area (Å²) in [6.45, 7) is 1.37. The van der Waals surface area contributed by atoms with Crippen molar-refractivity contribution < 1.29 is 17.2 Å². The third-order valence-corrected chi connectivity index (χ3v) is 5.39. The highest BCUT2D eigenvalue weighted by atomic mass is 32.2. The first-order valence-electron chi connectivity index (χ1n) is 6.16. The Balaban J connectivity index is 2.34. The van der Waals surface area contributed by atoms with Crippen LogP contribution in [0.25, 0.3) is 0 Å². The zero-order valence-corrected chi connectivity index (χ0v) is 11.7. The molecule has 2 rings (SSSR count). The summed E-state index contributed by atoms with van der Waals surface area (Å²) in [5, 5.41) is 3.46. The molecule has 0 amide bonds. The van der Waals surface area contributed by atoms with Crippen molar-refractivity contribution >= 4 is 10.0 Å². The van der Waals surface area contributed by atoms with Crippen molar-refractivity contribution in [2.45, 2.75) is 38.1 Å². The van der Waals surface area contributed by atoms with Gasteiger partial charge in [0.15, 0.2) is 0 Å². The normalized spacial score (nSPS) is 22.1. The standard InChI is InChI=1S/C11H17F2N3O2S/c1-8-4-3-5-15(7-8)19(17,18)10-6-14-16(9(10)2)11(12)13/h6,8,11H,3-5,7H2,1-2H3/t8-/m1/s1. The first kappa shape index (κ1) is 14.4. The maximum atomic E-state index is 12.6. The van der Waals surface area contributed by atoms with E-state index in [0.717, 1.165) is 19.0 Å². The van der Waals surface area contributed by atoms with Crippen molar-refractivity contribution in [3.8, 4) is 0 Å². The van der Waals surface area contributed by atoms with Crippen molar-refractivity contribution in [2.75, 3.05) is 13.1 Å². The lowest BCUT2D eigenvalue weighted by Gasteiger charge is -2.29. The Hall–Kier alpha value is -1.02. The number of aromatic nitrogens is 2. The average Bonchev–Trinajstić information content (AvgIpc) is 2.71. The molecule has 19 heavy (non-hydrogen) atoms. The molecule has 1 aromatic heterocycles. The van der Waals surface area contributed by atoms with Crippen LogP contribution in [-0.4, -0.2) is 35.6 Å². The molecule has 1 aromatic rings. The van der Waals surface area contributed by atoms with Crippen LogP contribution in [0.2, 0.25) is 0 Å². The number of alkyl halides is 2. The van der Waals surface area contributed by atoms with Gasteiger partial charge in [0.1, 0.15) is 4.90 Å². The van der Waals surface area contributed by atoms with Gasteiger partial charge in [-0.1, -0.05) is 6.92 Å². The number of rotatable bonds is 3. The van der Waals surface area contributed by atoms with E-state index >= 15 is 0 Å². The first-order chi connectivity index (χ1) is 8.84. The Kier molecular flexibility index (Phi) is 3.91. The molecular weight excluding hydrogens is 276 g/mol. The molecule has 0 spiro atoms. The molecule has 1 aliphatic rings. The molecule has 1 fully saturated rings. The second-order valence-corrected chi connectivity index (χ2v) is 6.83. The molecule has 0 aliphatic carbocycles. The van der Waals surface area contributed by atoms with Gasteiger partial charge in [-0.25, -0.2) is 13.1 Å². The number of piperidine rings is 1. The number of halogens is 2. The fraction of sp³-hybridized carbons (Fsp3) is 0.727. The Bertz CT molecular complexity index is 556. The molecule has 108 valence electrons. The van der Waals surface area contributed by atoms with E-state index in [9.17, 15) is 17.2 Å². The fourth-order valence-corrected chi connectivity index (χ4v) is 4.11. The molecule has 0 unspecified atom stereocenters. The largest absolute Gasteiger partial charge is 0.333 e. The summed E-state index contributed by atoms with van der Waals surface area (Å²) in [6.07, 6.45) is 2.79. The molecule has 1 saturated heterocycles. The molecule has 2 heterocycles. The van der Waals surface area contributed by atoms with E-state index in [2.05, 4.69) is 5.10 Å². The van der Waals surface area contributed by atoms with Gasteiger partial charge in [-0.05, 0) is 25.7 Å². The van der Waals surface area contributed by atoms with Crippen LogP contribution in [0.3, 0.4) is 0 Å². The summed E-state index contributed by atoms with van der Waals surface area (Å²) in [5.41, 5.74) is -0.0202. The van der Waals surface area contributed by atoms with Gasteiger partial charge in [0, 0.05) is 13.1 Å². The van der Waals surface area contributed by atoms with Crippen LogP contribution in [0, 0.1) is 12.8 Å². The third-order valence-electron chi connectivity index (χ3n) is 3.42. The second-order valence-electron chi connectivity index (χ2n) is 4.93. The smallest absolute Gasteiger partial charge is 0.207 e. The lowest BCUT2D eigenvalue weighted by atomic mass is 10.0. The van der Waals surface area contributed by atoms with Gasteiger partial charge in [-0.15, -0.1) is 0 Å². The third kappa shape index (κ3) is 2.64. The van der Waals surface area contributed by atoms with Crippen molar-refractivity contribution in [1.29, 1.82) is 0 Å². The molecular formula is C11H17F2N3O2S. The maximum Gasteiger partial charge on any atom is 0.333 e. The zero-order chi connectivity index (χ0) is 14.2. The van der Waals surface area contributed by atoms with Crippen molar-refractivity contribution in [3.05, 3.63) is 11.9 Å². The molecule has 5 nitrogen and oxygen atoms in total. The summed E-state index contributed by atoms with van der Waals surface area (Å²) in [5.74, 6) is 0.286. The van der Waals surface area contributed by atoms with Crippen LogP contribution >= 0.6 is 0 Å². The van der Waals surface area contributed by atoms with E-state index in [1.807, 2.05) is 6.92 Å². The van der Waals surface area contributed by atoms with Crippen LogP contribution in [0.1, 0.15) is 32.0 Å². The molecule has 8 heteroatoms. The van der Waals surface area contributed by atoms with Gasteiger partial charge < -0.3 is 0 Å². The molecule has 0 radical (unpaired) electrons. The number of hydrogen-bond acceptors (Lipinski definition) is 3. The molecule has 0 bridgehead atoms. The average molecular weight is 293 g/mol. The van der Waals surface area contributed by atoms with Crippen LogP contribution in [0.15, 0.2) is 11.1 Å². The van der Waals surface area contributed by atoms with E-state index in [1.165, 1.54) is 11.2 Å². The topological polar surface area (TPSA) is 55.2 Å². The van der Waals surface area contributed by atoms with Gasteiger partial charge >= 0.3 is 6.55 Å². The van der Waals surface area contributed by atoms with E-state index in [0.29, 0.717) is 17.8 Å².